The number of hydrogen-bond acceptors (Lipinski definition) is 5. The highest BCUT2D eigenvalue weighted by Crippen LogP contribution is 2.32. The van der Waals surface area contributed by atoms with Gasteiger partial charge in [-0.1, -0.05) is 15.9 Å². The maximum Gasteiger partial charge on any atom is 0.274 e. The Bertz CT molecular complexity index is 713. The summed E-state index contributed by atoms with van der Waals surface area (Å²) in [7, 11) is -3.78. The van der Waals surface area contributed by atoms with Gasteiger partial charge in [0.1, 0.15) is 0 Å². The Morgan fingerprint density at radius 2 is 2.00 bits per heavy atom. The summed E-state index contributed by atoms with van der Waals surface area (Å²) in [6.45, 7) is 6.22. The first-order valence-electron chi connectivity index (χ1n) is 6.86. The molecule has 0 bridgehead atoms. The van der Waals surface area contributed by atoms with Gasteiger partial charge in [0, 0.05) is 41.3 Å². The van der Waals surface area contributed by atoms with Crippen LogP contribution in [0.3, 0.4) is 0 Å². The van der Waals surface area contributed by atoms with Crippen molar-refractivity contribution in [1.29, 1.82) is 0 Å². The summed E-state index contributed by atoms with van der Waals surface area (Å²) in [5.41, 5.74) is 0.203. The average Bonchev–Trinajstić information content (AvgIpc) is 2.43. The van der Waals surface area contributed by atoms with E-state index in [9.17, 15) is 18.5 Å². The zero-order valence-electron chi connectivity index (χ0n) is 12.9. The fourth-order valence-corrected chi connectivity index (χ4v) is 4.83. The Morgan fingerprint density at radius 3 is 2.57 bits per heavy atom. The lowest BCUT2D eigenvalue weighted by Crippen LogP contribution is -2.57. The highest BCUT2D eigenvalue weighted by molar-refractivity contribution is 9.10. The number of sulfonamides is 1. The van der Waals surface area contributed by atoms with E-state index in [4.69, 9.17) is 0 Å². The predicted octanol–water partition coefficient (Wildman–Crippen LogP) is 2.46. The summed E-state index contributed by atoms with van der Waals surface area (Å²) in [6, 6.07) is 2.36. The highest BCUT2D eigenvalue weighted by Gasteiger charge is 2.35. The topological polar surface area (TPSA) is 92.6 Å². The lowest BCUT2D eigenvalue weighted by atomic mass is 10.1. The van der Waals surface area contributed by atoms with Crippen molar-refractivity contribution >= 4 is 44.0 Å². The molecule has 23 heavy (non-hydrogen) atoms. The van der Waals surface area contributed by atoms with Gasteiger partial charge in [-0.25, -0.2) is 8.42 Å². The molecule has 0 aromatic heterocycles. The Hall–Kier alpha value is -0.740. The molecule has 0 aliphatic carbocycles. The van der Waals surface area contributed by atoms with Gasteiger partial charge >= 0.3 is 0 Å². The summed E-state index contributed by atoms with van der Waals surface area (Å²) in [6.07, 6.45) is 0. The van der Waals surface area contributed by atoms with Crippen LogP contribution in [0.2, 0.25) is 0 Å². The molecule has 2 atom stereocenters. The normalized spacial score (nSPS) is 22.4. The van der Waals surface area contributed by atoms with Gasteiger partial charge in [0.15, 0.2) is 0 Å². The molecule has 7 nitrogen and oxygen atoms in total. The zero-order valence-corrected chi connectivity index (χ0v) is 16.2. The SMILES string of the molecule is Cc1c(Br)cc(S(=O)(=O)N2CCNC(C)C2C)cc1[N+](=O)[O-].Cl. The summed E-state index contributed by atoms with van der Waals surface area (Å²) in [5, 5.41) is 14.3. The van der Waals surface area contributed by atoms with Crippen molar-refractivity contribution in [3.8, 4) is 0 Å². The second-order valence-corrected chi connectivity index (χ2v) is 8.15. The number of nitrogens with one attached hydrogen (secondary N) is 1. The van der Waals surface area contributed by atoms with Crippen LogP contribution < -0.4 is 5.32 Å². The number of nitro groups is 1. The van der Waals surface area contributed by atoms with Gasteiger partial charge in [-0.05, 0) is 26.8 Å². The monoisotopic (exact) mass is 427 g/mol. The van der Waals surface area contributed by atoms with Crippen LogP contribution in [0.5, 0.6) is 0 Å². The van der Waals surface area contributed by atoms with Gasteiger partial charge in [-0.3, -0.25) is 10.1 Å². The second kappa shape index (κ2) is 7.43. The fraction of sp³-hybridized carbons (Fsp3) is 0.538. The number of nitrogens with zero attached hydrogens (tertiary/aromatic N) is 2. The number of piperazine rings is 1. The molecule has 1 aliphatic heterocycles. The van der Waals surface area contributed by atoms with E-state index in [1.807, 2.05) is 13.8 Å². The van der Waals surface area contributed by atoms with Crippen LogP contribution in [0.15, 0.2) is 21.5 Å². The van der Waals surface area contributed by atoms with Gasteiger partial charge in [0.05, 0.1) is 9.82 Å². The van der Waals surface area contributed by atoms with Crippen LogP contribution in [0.25, 0.3) is 0 Å². The molecule has 0 spiro atoms. The average molecular weight is 429 g/mol. The third-order valence-electron chi connectivity index (χ3n) is 4.07. The van der Waals surface area contributed by atoms with E-state index >= 15 is 0 Å². The van der Waals surface area contributed by atoms with Gasteiger partial charge < -0.3 is 5.32 Å². The highest BCUT2D eigenvalue weighted by atomic mass is 79.9. The van der Waals surface area contributed by atoms with Gasteiger partial charge in [-0.2, -0.15) is 4.31 Å². The molecular formula is C13H19BrClN3O4S. The molecule has 1 aliphatic rings. The predicted molar refractivity (Wildman–Crippen MR) is 93.6 cm³/mol. The Morgan fingerprint density at radius 1 is 1.39 bits per heavy atom. The first-order chi connectivity index (χ1) is 10.2. The minimum absolute atomic E-state index is 0. The summed E-state index contributed by atoms with van der Waals surface area (Å²) >= 11 is 3.21. The molecular weight excluding hydrogens is 410 g/mol. The number of hydrogen-bond donors (Lipinski definition) is 1. The van der Waals surface area contributed by atoms with E-state index in [0.29, 0.717) is 23.1 Å². The Balaban J connectivity index is 0.00000264. The molecule has 1 heterocycles. The van der Waals surface area contributed by atoms with Crippen molar-refractivity contribution in [2.75, 3.05) is 13.1 Å². The van der Waals surface area contributed by atoms with Crippen molar-refractivity contribution in [3.63, 3.8) is 0 Å². The van der Waals surface area contributed by atoms with Gasteiger partial charge in [0.25, 0.3) is 5.69 Å². The molecule has 130 valence electrons. The molecule has 1 aromatic rings. The number of halogens is 2. The van der Waals surface area contributed by atoms with E-state index < -0.39 is 14.9 Å². The summed E-state index contributed by atoms with van der Waals surface area (Å²) < 4.78 is 27.5. The van der Waals surface area contributed by atoms with E-state index in [-0.39, 0.29) is 35.1 Å². The first kappa shape index (κ1) is 20.3. The van der Waals surface area contributed by atoms with E-state index in [1.54, 1.807) is 6.92 Å². The van der Waals surface area contributed by atoms with Crippen molar-refractivity contribution in [1.82, 2.24) is 9.62 Å². The lowest BCUT2D eigenvalue weighted by Gasteiger charge is -2.37. The van der Waals surface area contributed by atoms with Crippen LogP contribution in [-0.4, -0.2) is 42.8 Å². The Labute approximate surface area is 150 Å². The fourth-order valence-electron chi connectivity index (χ4n) is 2.48. The summed E-state index contributed by atoms with van der Waals surface area (Å²) in [5.74, 6) is 0. The second-order valence-electron chi connectivity index (χ2n) is 5.41. The number of rotatable bonds is 3. The minimum Gasteiger partial charge on any atom is -0.311 e. The lowest BCUT2D eigenvalue weighted by molar-refractivity contribution is -0.385. The quantitative estimate of drug-likeness (QED) is 0.590. The van der Waals surface area contributed by atoms with Crippen LogP contribution in [0.4, 0.5) is 5.69 Å². The van der Waals surface area contributed by atoms with Crippen molar-refractivity contribution in [2.45, 2.75) is 37.8 Å². The van der Waals surface area contributed by atoms with E-state index in [2.05, 4.69) is 21.2 Å². The standard InChI is InChI=1S/C13H18BrN3O4S.ClH/c1-8-12(14)6-11(7-13(8)17(18)19)22(20,21)16-5-4-15-9(2)10(16)3;/h6-7,9-10,15H,4-5H2,1-3H3;1H. The smallest absolute Gasteiger partial charge is 0.274 e. The maximum atomic E-state index is 12.8. The molecule has 1 aromatic carbocycles. The first-order valence-corrected chi connectivity index (χ1v) is 9.09. The van der Waals surface area contributed by atoms with Crippen LogP contribution in [0.1, 0.15) is 19.4 Å². The third kappa shape index (κ3) is 3.85. The number of benzene rings is 1. The minimum atomic E-state index is -3.78. The molecule has 2 rings (SSSR count). The molecule has 1 N–H and O–H groups in total. The van der Waals surface area contributed by atoms with Crippen molar-refractivity contribution in [2.24, 2.45) is 0 Å². The van der Waals surface area contributed by atoms with Crippen molar-refractivity contribution in [3.05, 3.63) is 32.3 Å². The van der Waals surface area contributed by atoms with E-state index in [0.717, 1.165) is 6.07 Å². The third-order valence-corrected chi connectivity index (χ3v) is 6.86. The van der Waals surface area contributed by atoms with Crippen molar-refractivity contribution < 1.29 is 13.3 Å². The molecule has 1 saturated heterocycles. The van der Waals surface area contributed by atoms with Crippen LogP contribution in [0, 0.1) is 17.0 Å². The molecule has 0 saturated carbocycles. The largest absolute Gasteiger partial charge is 0.311 e. The molecule has 0 amide bonds. The number of nitro benzene ring substituents is 1. The van der Waals surface area contributed by atoms with Gasteiger partial charge in [0.2, 0.25) is 10.0 Å². The van der Waals surface area contributed by atoms with Gasteiger partial charge in [-0.15, -0.1) is 12.4 Å². The van der Waals surface area contributed by atoms with E-state index in [1.165, 1.54) is 10.4 Å². The molecule has 0 radical (unpaired) electrons. The van der Waals surface area contributed by atoms with Crippen LogP contribution in [-0.2, 0) is 10.0 Å². The molecule has 10 heteroatoms. The zero-order chi connectivity index (χ0) is 16.7. The molecule has 2 unspecified atom stereocenters. The maximum absolute atomic E-state index is 12.8. The van der Waals surface area contributed by atoms with Crippen LogP contribution >= 0.6 is 28.3 Å². The summed E-state index contributed by atoms with van der Waals surface area (Å²) in [4.78, 5) is 10.5. The molecule has 1 fully saturated rings. The Kier molecular flexibility index (Phi) is 6.56.